The first-order valence-corrected chi connectivity index (χ1v) is 9.55. The molecule has 0 bridgehead atoms. The number of aromatic nitrogens is 5. The summed E-state index contributed by atoms with van der Waals surface area (Å²) < 4.78 is 46.4. The molecule has 3 aromatic rings. The summed E-state index contributed by atoms with van der Waals surface area (Å²) >= 11 is 0. The van der Waals surface area contributed by atoms with Gasteiger partial charge in [-0.25, -0.2) is 4.98 Å². The van der Waals surface area contributed by atoms with E-state index < -0.39 is 12.6 Å². The molecule has 0 radical (unpaired) electrons. The Morgan fingerprint density at radius 3 is 2.87 bits per heavy atom. The van der Waals surface area contributed by atoms with Crippen molar-refractivity contribution in [3.8, 4) is 17.1 Å². The average Bonchev–Trinajstić information content (AvgIpc) is 3.38. The Kier molecular flexibility index (Phi) is 5.12. The number of nitrogens with zero attached hydrogens (tertiary/aromatic N) is 5. The fourth-order valence-corrected chi connectivity index (χ4v) is 3.44. The van der Waals surface area contributed by atoms with Gasteiger partial charge in [-0.15, -0.1) is 0 Å². The normalized spacial score (nSPS) is 18.0. The smallest absolute Gasteiger partial charge is 0.390 e. The minimum atomic E-state index is -4.25. The number of rotatable bonds is 6. The van der Waals surface area contributed by atoms with Crippen molar-refractivity contribution in [2.45, 2.75) is 38.6 Å². The lowest BCUT2D eigenvalue weighted by Crippen LogP contribution is -2.26. The highest BCUT2D eigenvalue weighted by Gasteiger charge is 2.29. The van der Waals surface area contributed by atoms with E-state index in [1.165, 1.54) is 17.1 Å². The molecule has 8 nitrogen and oxygen atoms in total. The topological polar surface area (TPSA) is 86.9 Å². The number of amides is 1. The third-order valence-corrected chi connectivity index (χ3v) is 5.11. The highest BCUT2D eigenvalue weighted by molar-refractivity contribution is 5.86. The summed E-state index contributed by atoms with van der Waals surface area (Å²) in [6.07, 6.45) is -0.284. The molecule has 0 spiro atoms. The fourth-order valence-electron chi connectivity index (χ4n) is 3.44. The summed E-state index contributed by atoms with van der Waals surface area (Å²) in [6, 6.07) is 1.75. The van der Waals surface area contributed by atoms with Gasteiger partial charge in [-0.1, -0.05) is 0 Å². The van der Waals surface area contributed by atoms with Crippen LogP contribution in [0.25, 0.3) is 22.2 Å². The molecule has 0 saturated carbocycles. The van der Waals surface area contributed by atoms with Crippen molar-refractivity contribution >= 4 is 16.8 Å². The molecule has 1 N–H and O–H groups in total. The van der Waals surface area contributed by atoms with Gasteiger partial charge in [0, 0.05) is 50.4 Å². The number of hydrogen-bond acceptors (Lipinski definition) is 5. The Labute approximate surface area is 170 Å². The van der Waals surface area contributed by atoms with Crippen LogP contribution < -0.4 is 10.1 Å². The first-order valence-electron chi connectivity index (χ1n) is 9.55. The van der Waals surface area contributed by atoms with Crippen molar-refractivity contribution in [3.05, 3.63) is 24.7 Å². The van der Waals surface area contributed by atoms with Gasteiger partial charge >= 0.3 is 6.18 Å². The number of alkyl halides is 3. The second-order valence-corrected chi connectivity index (χ2v) is 7.50. The minimum absolute atomic E-state index is 0.00467. The van der Waals surface area contributed by atoms with E-state index in [2.05, 4.69) is 20.5 Å². The van der Waals surface area contributed by atoms with E-state index in [9.17, 15) is 18.0 Å². The number of nitrogens with one attached hydrogen (secondary N) is 1. The van der Waals surface area contributed by atoms with Gasteiger partial charge in [-0.05, 0) is 13.0 Å². The molecule has 1 aliphatic heterocycles. The van der Waals surface area contributed by atoms with E-state index >= 15 is 0 Å². The van der Waals surface area contributed by atoms with Gasteiger partial charge in [0.15, 0.2) is 0 Å². The van der Waals surface area contributed by atoms with Gasteiger partial charge in [-0.2, -0.15) is 23.4 Å². The van der Waals surface area contributed by atoms with E-state index in [1.807, 2.05) is 6.92 Å². The van der Waals surface area contributed by atoms with E-state index in [0.29, 0.717) is 35.6 Å². The molecule has 30 heavy (non-hydrogen) atoms. The van der Waals surface area contributed by atoms with E-state index in [0.717, 1.165) is 5.39 Å². The van der Waals surface area contributed by atoms with Gasteiger partial charge in [0.25, 0.3) is 0 Å². The lowest BCUT2D eigenvalue weighted by Gasteiger charge is -2.19. The number of fused-ring (bicyclic) bond motifs is 1. The maximum Gasteiger partial charge on any atom is 0.390 e. The molecule has 1 amide bonds. The average molecular weight is 422 g/mol. The van der Waals surface area contributed by atoms with Crippen molar-refractivity contribution in [2.75, 3.05) is 6.54 Å². The summed E-state index contributed by atoms with van der Waals surface area (Å²) in [6.45, 7) is 2.16. The van der Waals surface area contributed by atoms with Gasteiger partial charge < -0.3 is 10.1 Å². The highest BCUT2D eigenvalue weighted by Crippen LogP contribution is 2.31. The molecule has 0 aliphatic carbocycles. The Balaban J connectivity index is 1.62. The number of carbonyl (C=O) groups excluding carboxylic acids is 1. The molecule has 4 rings (SSSR count). The zero-order valence-electron chi connectivity index (χ0n) is 16.5. The van der Waals surface area contributed by atoms with Crippen molar-refractivity contribution in [1.29, 1.82) is 0 Å². The Bertz CT molecular complexity index is 1070. The van der Waals surface area contributed by atoms with Gasteiger partial charge in [0.1, 0.15) is 6.10 Å². The molecule has 1 aliphatic rings. The van der Waals surface area contributed by atoms with Crippen LogP contribution in [0.2, 0.25) is 0 Å². The largest absolute Gasteiger partial charge is 0.474 e. The highest BCUT2D eigenvalue weighted by atomic mass is 19.4. The molecule has 2 unspecified atom stereocenters. The van der Waals surface area contributed by atoms with Crippen molar-refractivity contribution < 1.29 is 22.7 Å². The quantitative estimate of drug-likeness (QED) is 0.660. The third-order valence-electron chi connectivity index (χ3n) is 5.11. The van der Waals surface area contributed by atoms with Crippen molar-refractivity contribution in [2.24, 2.45) is 13.0 Å². The summed E-state index contributed by atoms with van der Waals surface area (Å²) in [4.78, 5) is 16.1. The second kappa shape index (κ2) is 7.62. The number of ether oxygens (including phenoxy) is 1. The third kappa shape index (κ3) is 4.39. The first kappa shape index (κ1) is 20.2. The zero-order chi connectivity index (χ0) is 21.5. The molecule has 0 aromatic carbocycles. The lowest BCUT2D eigenvalue weighted by molar-refractivity contribution is -0.137. The molecule has 11 heteroatoms. The van der Waals surface area contributed by atoms with Crippen LogP contribution >= 0.6 is 0 Å². The first-order chi connectivity index (χ1) is 14.2. The summed E-state index contributed by atoms with van der Waals surface area (Å²) in [5, 5.41) is 11.9. The van der Waals surface area contributed by atoms with E-state index in [4.69, 9.17) is 4.74 Å². The molecular formula is C19H21F3N6O2. The zero-order valence-corrected chi connectivity index (χ0v) is 16.5. The van der Waals surface area contributed by atoms with Crippen LogP contribution in [-0.2, 0) is 18.4 Å². The summed E-state index contributed by atoms with van der Waals surface area (Å²) in [5.74, 6) is 0.389. The minimum Gasteiger partial charge on any atom is -0.474 e. The Morgan fingerprint density at radius 2 is 2.17 bits per heavy atom. The van der Waals surface area contributed by atoms with E-state index in [-0.39, 0.29) is 24.5 Å². The SMILES string of the molecule is CC(Oc1nc(-c2cnn(CCC(F)(F)F)c2)cc2nn(C)cc12)C1CNC(=O)C1. The predicted molar refractivity (Wildman–Crippen MR) is 102 cm³/mol. The van der Waals surface area contributed by atoms with Crippen LogP contribution in [0, 0.1) is 5.92 Å². The maximum atomic E-state index is 12.5. The van der Waals surface area contributed by atoms with Gasteiger partial charge in [-0.3, -0.25) is 14.2 Å². The number of halogens is 3. The number of hydrogen-bond donors (Lipinski definition) is 1. The van der Waals surface area contributed by atoms with Gasteiger partial charge in [0.05, 0.1) is 29.2 Å². The van der Waals surface area contributed by atoms with Crippen LogP contribution in [-0.4, -0.2) is 49.3 Å². The van der Waals surface area contributed by atoms with Crippen LogP contribution in [0.15, 0.2) is 24.7 Å². The Hall–Kier alpha value is -3.11. The molecule has 3 aromatic heterocycles. The second-order valence-electron chi connectivity index (χ2n) is 7.50. The monoisotopic (exact) mass is 422 g/mol. The molecule has 1 saturated heterocycles. The van der Waals surface area contributed by atoms with Crippen LogP contribution in [0.4, 0.5) is 13.2 Å². The number of pyridine rings is 1. The predicted octanol–water partition coefficient (Wildman–Crippen LogP) is 2.69. The van der Waals surface area contributed by atoms with Crippen molar-refractivity contribution in [3.63, 3.8) is 0 Å². The van der Waals surface area contributed by atoms with Crippen LogP contribution in [0.5, 0.6) is 5.88 Å². The maximum absolute atomic E-state index is 12.5. The fraction of sp³-hybridized carbons (Fsp3) is 0.474. The Morgan fingerprint density at radius 1 is 1.37 bits per heavy atom. The van der Waals surface area contributed by atoms with Gasteiger partial charge in [0.2, 0.25) is 11.8 Å². The van der Waals surface area contributed by atoms with Crippen LogP contribution in [0.3, 0.4) is 0 Å². The summed E-state index contributed by atoms with van der Waals surface area (Å²) in [7, 11) is 1.78. The summed E-state index contributed by atoms with van der Waals surface area (Å²) in [5.41, 5.74) is 1.72. The molecule has 4 heterocycles. The number of aryl methyl sites for hydroxylation is 2. The molecular weight excluding hydrogens is 401 g/mol. The number of carbonyl (C=O) groups is 1. The molecule has 160 valence electrons. The molecule has 1 fully saturated rings. The van der Waals surface area contributed by atoms with Crippen molar-refractivity contribution in [1.82, 2.24) is 29.9 Å². The van der Waals surface area contributed by atoms with Crippen LogP contribution in [0.1, 0.15) is 19.8 Å². The standard InChI is InChI=1S/C19H21F3N6O2/c1-11(12-5-17(29)23-7-12)30-18-14-10-27(2)26-16(14)6-15(25-18)13-8-24-28(9-13)4-3-19(20,21)22/h6,8-12H,3-5,7H2,1-2H3,(H,23,29). The van der Waals surface area contributed by atoms with E-state index in [1.54, 1.807) is 24.0 Å². The molecule has 2 atom stereocenters. The lowest BCUT2D eigenvalue weighted by atomic mass is 10.0.